The van der Waals surface area contributed by atoms with E-state index in [0.717, 1.165) is 32.2 Å². The molecule has 2 fully saturated rings. The molecule has 0 aromatic heterocycles. The molecule has 1 aliphatic heterocycles. The first-order valence-corrected chi connectivity index (χ1v) is 9.62. The zero-order valence-corrected chi connectivity index (χ0v) is 14.2. The van der Waals surface area contributed by atoms with Crippen molar-refractivity contribution in [3.05, 3.63) is 29.8 Å². The summed E-state index contributed by atoms with van der Waals surface area (Å²) in [6, 6.07) is 6.92. The summed E-state index contributed by atoms with van der Waals surface area (Å²) >= 11 is 0. The highest BCUT2D eigenvalue weighted by molar-refractivity contribution is 7.89. The Morgan fingerprint density at radius 3 is 2.26 bits per heavy atom. The molecule has 0 bridgehead atoms. The van der Waals surface area contributed by atoms with Gasteiger partial charge in [-0.3, -0.25) is 9.69 Å². The number of hydrogen-bond donors (Lipinski definition) is 1. The molecule has 6 nitrogen and oxygen atoms in total. The number of rotatable bonds is 5. The monoisotopic (exact) mass is 337 g/mol. The predicted molar refractivity (Wildman–Crippen MR) is 87.8 cm³/mol. The normalized spacial score (nSPS) is 19.8. The lowest BCUT2D eigenvalue weighted by Gasteiger charge is -2.34. The highest BCUT2D eigenvalue weighted by Crippen LogP contribution is 2.27. The zero-order valence-electron chi connectivity index (χ0n) is 13.4. The minimum absolute atomic E-state index is 0.0205. The summed E-state index contributed by atoms with van der Waals surface area (Å²) in [6.45, 7) is 5.43. The quantitative estimate of drug-likeness (QED) is 0.867. The van der Waals surface area contributed by atoms with Crippen LogP contribution in [0.2, 0.25) is 0 Å². The summed E-state index contributed by atoms with van der Waals surface area (Å²) < 4.78 is 26.3. The third-order valence-electron chi connectivity index (χ3n) is 4.41. The molecule has 0 spiro atoms. The van der Waals surface area contributed by atoms with E-state index in [-0.39, 0.29) is 10.8 Å². The van der Waals surface area contributed by atoms with E-state index in [4.69, 9.17) is 0 Å². The van der Waals surface area contributed by atoms with Crippen LogP contribution in [0.15, 0.2) is 29.2 Å². The summed E-state index contributed by atoms with van der Waals surface area (Å²) in [6.07, 6.45) is 2.57. The lowest BCUT2D eigenvalue weighted by Crippen LogP contribution is -2.49. The summed E-state index contributed by atoms with van der Waals surface area (Å²) in [5, 5.41) is 0. The fraction of sp³-hybridized carbons (Fsp3) is 0.562. The van der Waals surface area contributed by atoms with Crippen LogP contribution in [0, 0.1) is 0 Å². The largest absolute Gasteiger partial charge is 0.336 e. The average molecular weight is 337 g/mol. The molecule has 126 valence electrons. The molecule has 23 heavy (non-hydrogen) atoms. The number of benzene rings is 1. The van der Waals surface area contributed by atoms with Crippen molar-refractivity contribution in [3.63, 3.8) is 0 Å². The van der Waals surface area contributed by atoms with E-state index in [1.165, 1.54) is 25.0 Å². The summed E-state index contributed by atoms with van der Waals surface area (Å²) in [7, 11) is -3.47. The molecule has 0 unspecified atom stereocenters. The number of carbonyl (C=O) groups excluding carboxylic acids is 1. The van der Waals surface area contributed by atoms with Crippen LogP contribution in [0.3, 0.4) is 0 Å². The maximum Gasteiger partial charge on any atom is 0.253 e. The number of hydrogen-bond acceptors (Lipinski definition) is 4. The van der Waals surface area contributed by atoms with Crippen molar-refractivity contribution in [2.24, 2.45) is 0 Å². The van der Waals surface area contributed by atoms with E-state index < -0.39 is 10.0 Å². The molecule has 0 radical (unpaired) electrons. The van der Waals surface area contributed by atoms with Crippen LogP contribution in [0.25, 0.3) is 0 Å². The molecule has 0 atom stereocenters. The highest BCUT2D eigenvalue weighted by Gasteiger charge is 2.32. The molecular formula is C16H23N3O3S. The van der Waals surface area contributed by atoms with Gasteiger partial charge < -0.3 is 4.90 Å². The fourth-order valence-corrected chi connectivity index (χ4v) is 4.00. The molecule has 3 rings (SSSR count). The predicted octanol–water partition coefficient (Wildman–Crippen LogP) is 0.905. The Bertz CT molecular complexity index is 660. The molecule has 2 aliphatic rings. The molecule has 1 amide bonds. The molecule has 1 aromatic carbocycles. The first-order chi connectivity index (χ1) is 11.0. The van der Waals surface area contributed by atoms with Gasteiger partial charge in [-0.05, 0) is 37.1 Å². The Labute approximate surface area is 137 Å². The fourth-order valence-electron chi connectivity index (χ4n) is 2.96. The smallest absolute Gasteiger partial charge is 0.253 e. The van der Waals surface area contributed by atoms with Gasteiger partial charge in [-0.2, -0.15) is 0 Å². The van der Waals surface area contributed by atoms with Crippen LogP contribution in [0.5, 0.6) is 0 Å². The van der Waals surface area contributed by atoms with Gasteiger partial charge in [-0.15, -0.1) is 0 Å². The number of amides is 1. The van der Waals surface area contributed by atoms with Gasteiger partial charge in [-0.1, -0.05) is 6.92 Å². The van der Waals surface area contributed by atoms with Crippen LogP contribution in [-0.2, 0) is 10.0 Å². The summed E-state index contributed by atoms with van der Waals surface area (Å²) in [5.74, 6) is -0.0205. The Morgan fingerprint density at radius 2 is 1.74 bits per heavy atom. The van der Waals surface area contributed by atoms with Crippen LogP contribution < -0.4 is 4.72 Å². The SMILES string of the molecule is CCNS(=O)(=O)c1ccc(C(=O)N2CCN(C3CC3)CC2)cc1. The van der Waals surface area contributed by atoms with Crippen molar-refractivity contribution in [3.8, 4) is 0 Å². The molecule has 1 aromatic rings. The van der Waals surface area contributed by atoms with Gasteiger partial charge in [0.1, 0.15) is 0 Å². The second-order valence-electron chi connectivity index (χ2n) is 6.09. The molecule has 1 heterocycles. The van der Waals surface area contributed by atoms with Crippen molar-refractivity contribution in [2.75, 3.05) is 32.7 Å². The third-order valence-corrected chi connectivity index (χ3v) is 5.97. The number of carbonyl (C=O) groups is 1. The lowest BCUT2D eigenvalue weighted by atomic mass is 10.2. The van der Waals surface area contributed by atoms with Crippen molar-refractivity contribution >= 4 is 15.9 Å². The highest BCUT2D eigenvalue weighted by atomic mass is 32.2. The number of nitrogens with zero attached hydrogens (tertiary/aromatic N) is 2. The van der Waals surface area contributed by atoms with Gasteiger partial charge in [0.2, 0.25) is 10.0 Å². The van der Waals surface area contributed by atoms with E-state index >= 15 is 0 Å². The van der Waals surface area contributed by atoms with Gasteiger partial charge in [0, 0.05) is 44.3 Å². The van der Waals surface area contributed by atoms with Crippen LogP contribution in [-0.4, -0.2) is 62.9 Å². The van der Waals surface area contributed by atoms with E-state index in [1.807, 2.05) is 4.90 Å². The maximum absolute atomic E-state index is 12.5. The van der Waals surface area contributed by atoms with Crippen LogP contribution in [0.1, 0.15) is 30.1 Å². The van der Waals surface area contributed by atoms with Gasteiger partial charge in [0.15, 0.2) is 0 Å². The van der Waals surface area contributed by atoms with Gasteiger partial charge in [-0.25, -0.2) is 13.1 Å². The number of piperazine rings is 1. The third kappa shape index (κ3) is 3.73. The molecule has 1 saturated heterocycles. The van der Waals surface area contributed by atoms with E-state index in [1.54, 1.807) is 19.1 Å². The second kappa shape index (κ2) is 6.59. The number of sulfonamides is 1. The minimum atomic E-state index is -3.47. The van der Waals surface area contributed by atoms with Gasteiger partial charge >= 0.3 is 0 Å². The van der Waals surface area contributed by atoms with Crippen LogP contribution >= 0.6 is 0 Å². The van der Waals surface area contributed by atoms with Crippen LogP contribution in [0.4, 0.5) is 0 Å². The first-order valence-electron chi connectivity index (χ1n) is 8.14. The van der Waals surface area contributed by atoms with Crippen molar-refractivity contribution in [1.82, 2.24) is 14.5 Å². The Balaban J connectivity index is 1.64. The molecular weight excluding hydrogens is 314 g/mol. The van der Waals surface area contributed by atoms with Crippen molar-refractivity contribution in [2.45, 2.75) is 30.7 Å². The average Bonchev–Trinajstić information content (AvgIpc) is 3.39. The Morgan fingerprint density at radius 1 is 1.13 bits per heavy atom. The Hall–Kier alpha value is -1.44. The van der Waals surface area contributed by atoms with Gasteiger partial charge in [0.05, 0.1) is 4.90 Å². The Kier molecular flexibility index (Phi) is 4.70. The molecule has 1 aliphatic carbocycles. The van der Waals surface area contributed by atoms with Crippen molar-refractivity contribution in [1.29, 1.82) is 0 Å². The van der Waals surface area contributed by atoms with E-state index in [9.17, 15) is 13.2 Å². The first kappa shape index (κ1) is 16.4. The minimum Gasteiger partial charge on any atom is -0.336 e. The molecule has 7 heteroatoms. The lowest BCUT2D eigenvalue weighted by molar-refractivity contribution is 0.0627. The molecule has 1 N–H and O–H groups in total. The summed E-state index contributed by atoms with van der Waals surface area (Å²) in [4.78, 5) is 17.0. The molecule has 1 saturated carbocycles. The summed E-state index contributed by atoms with van der Waals surface area (Å²) in [5.41, 5.74) is 0.542. The zero-order chi connectivity index (χ0) is 16.4. The standard InChI is InChI=1S/C16H23N3O3S/c1-2-17-23(21,22)15-7-3-13(4-8-15)16(20)19-11-9-18(10-12-19)14-5-6-14/h3-4,7-8,14,17H,2,5-6,9-12H2,1H3. The van der Waals surface area contributed by atoms with Gasteiger partial charge in [0.25, 0.3) is 5.91 Å². The van der Waals surface area contributed by atoms with E-state index in [0.29, 0.717) is 12.1 Å². The maximum atomic E-state index is 12.5. The van der Waals surface area contributed by atoms with Crippen molar-refractivity contribution < 1.29 is 13.2 Å². The number of nitrogens with one attached hydrogen (secondary N) is 1. The topological polar surface area (TPSA) is 69.7 Å². The second-order valence-corrected chi connectivity index (χ2v) is 7.85. The van der Waals surface area contributed by atoms with E-state index in [2.05, 4.69) is 9.62 Å².